The quantitative estimate of drug-likeness (QED) is 0.274. The molecule has 1 atom stereocenters. The number of pyridine rings is 1. The molecule has 14 heteroatoms. The molecule has 11 nitrogen and oxygen atoms in total. The van der Waals surface area contributed by atoms with E-state index in [4.69, 9.17) is 20.4 Å². The van der Waals surface area contributed by atoms with Crippen molar-refractivity contribution in [3.63, 3.8) is 0 Å². The molecule has 2 amide bonds. The predicted molar refractivity (Wildman–Crippen MR) is 154 cm³/mol. The van der Waals surface area contributed by atoms with Gasteiger partial charge in [-0.05, 0) is 68.1 Å². The first-order valence-electron chi connectivity index (χ1n) is 13.5. The molecule has 2 heterocycles. The van der Waals surface area contributed by atoms with Crippen molar-refractivity contribution in [2.24, 2.45) is 0 Å². The maximum absolute atomic E-state index is 13.6. The summed E-state index contributed by atoms with van der Waals surface area (Å²) in [6.07, 6.45) is -1.43. The standard InChI is InChI=1S/C28H30N4O5.C2HF3O2/c1-19(16-26(34)35)31-18-25(33)32(21-9-3-2-4-10-21)23-13-12-20(17-22(23)28(31)36)8-5-6-15-37-24-11-7-14-30-27(24)29;3-2(4,5)1(6)7/h2-4,7,9-14,17,19H,5-6,8,15-16,18H2,1H3,(H2,29,30)(H,34,35);(H,6,7). The second-order valence-electron chi connectivity index (χ2n) is 9.79. The number of benzene rings is 2. The number of unbranched alkanes of at least 4 members (excludes halogenated alkanes) is 1. The third-order valence-electron chi connectivity index (χ3n) is 6.52. The normalized spacial score (nSPS) is 13.7. The summed E-state index contributed by atoms with van der Waals surface area (Å²) in [4.78, 5) is 54.1. The lowest BCUT2D eigenvalue weighted by atomic mass is 10.0. The van der Waals surface area contributed by atoms with Crippen LogP contribution in [-0.4, -0.2) is 69.2 Å². The highest BCUT2D eigenvalue weighted by atomic mass is 19.4. The SMILES string of the molecule is CC(CC(=O)O)N1CC(=O)N(c2ccccc2)c2ccc(CCCCOc3cccnc3N)cc2C1=O.O=C(O)C(F)(F)F. The lowest BCUT2D eigenvalue weighted by molar-refractivity contribution is -0.192. The first-order chi connectivity index (χ1) is 20.8. The number of nitrogens with zero attached hydrogens (tertiary/aromatic N) is 3. The minimum absolute atomic E-state index is 0.207. The molecular weight excluding hydrogens is 585 g/mol. The van der Waals surface area contributed by atoms with E-state index in [-0.39, 0.29) is 24.8 Å². The fraction of sp³-hybridized carbons (Fsp3) is 0.300. The number of carbonyl (C=O) groups is 4. The second-order valence-corrected chi connectivity index (χ2v) is 9.79. The van der Waals surface area contributed by atoms with Gasteiger partial charge in [0.25, 0.3) is 11.8 Å². The van der Waals surface area contributed by atoms with E-state index in [9.17, 15) is 32.7 Å². The van der Waals surface area contributed by atoms with Crippen molar-refractivity contribution in [2.75, 3.05) is 23.8 Å². The van der Waals surface area contributed by atoms with Gasteiger partial charge in [-0.2, -0.15) is 13.2 Å². The summed E-state index contributed by atoms with van der Waals surface area (Å²) >= 11 is 0. The number of amides is 2. The molecular formula is C30H31F3N4O7. The smallest absolute Gasteiger partial charge is 0.490 e. The van der Waals surface area contributed by atoms with E-state index >= 15 is 0 Å². The van der Waals surface area contributed by atoms with Gasteiger partial charge in [-0.1, -0.05) is 24.3 Å². The number of ether oxygens (including phenoxy) is 1. The van der Waals surface area contributed by atoms with Crippen LogP contribution in [0.25, 0.3) is 0 Å². The van der Waals surface area contributed by atoms with Crippen LogP contribution in [-0.2, 0) is 20.8 Å². The maximum Gasteiger partial charge on any atom is 0.490 e. The third kappa shape index (κ3) is 8.93. The molecule has 0 saturated heterocycles. The molecule has 0 bridgehead atoms. The van der Waals surface area contributed by atoms with Gasteiger partial charge in [0, 0.05) is 17.9 Å². The number of aryl methyl sites for hydroxylation is 1. The Balaban J connectivity index is 0.000000676. The Labute approximate surface area is 250 Å². The maximum atomic E-state index is 13.6. The topological polar surface area (TPSA) is 163 Å². The lowest BCUT2D eigenvalue weighted by Crippen LogP contribution is -2.43. The van der Waals surface area contributed by atoms with E-state index in [2.05, 4.69) is 4.98 Å². The predicted octanol–water partition coefficient (Wildman–Crippen LogP) is 4.68. The summed E-state index contributed by atoms with van der Waals surface area (Å²) in [6.45, 7) is 1.92. The van der Waals surface area contributed by atoms with Gasteiger partial charge in [-0.3, -0.25) is 19.3 Å². The molecule has 2 aromatic carbocycles. The summed E-state index contributed by atoms with van der Waals surface area (Å²) in [7, 11) is 0. The van der Waals surface area contributed by atoms with Crippen molar-refractivity contribution >= 4 is 40.9 Å². The molecule has 1 aromatic heterocycles. The number of nitrogen functional groups attached to an aromatic ring is 1. The average molecular weight is 617 g/mol. The largest absolute Gasteiger partial charge is 0.490 e. The molecule has 44 heavy (non-hydrogen) atoms. The number of anilines is 3. The Kier molecular flexibility index (Phi) is 11.3. The van der Waals surface area contributed by atoms with Crippen molar-refractivity contribution < 1.29 is 47.3 Å². The number of carboxylic acids is 2. The first kappa shape index (κ1) is 33.4. The first-order valence-corrected chi connectivity index (χ1v) is 13.5. The Morgan fingerprint density at radius 3 is 2.34 bits per heavy atom. The van der Waals surface area contributed by atoms with Gasteiger partial charge in [-0.15, -0.1) is 0 Å². The number of para-hydroxylation sites is 1. The molecule has 0 aliphatic carbocycles. The number of aliphatic carboxylic acids is 2. The van der Waals surface area contributed by atoms with Crippen molar-refractivity contribution in [1.29, 1.82) is 0 Å². The Hall–Kier alpha value is -5.14. The molecule has 0 fully saturated rings. The van der Waals surface area contributed by atoms with Gasteiger partial charge in [-0.25, -0.2) is 9.78 Å². The molecule has 234 valence electrons. The van der Waals surface area contributed by atoms with E-state index in [1.165, 1.54) is 9.80 Å². The van der Waals surface area contributed by atoms with Gasteiger partial charge < -0.3 is 25.6 Å². The summed E-state index contributed by atoms with van der Waals surface area (Å²) in [6, 6.07) is 17.6. The minimum Gasteiger partial charge on any atom is -0.490 e. The van der Waals surface area contributed by atoms with Crippen LogP contribution >= 0.6 is 0 Å². The summed E-state index contributed by atoms with van der Waals surface area (Å²) in [5.74, 6) is -3.53. The lowest BCUT2D eigenvalue weighted by Gasteiger charge is -2.26. The number of aromatic nitrogens is 1. The molecule has 4 rings (SSSR count). The van der Waals surface area contributed by atoms with Crippen LogP contribution in [0.1, 0.15) is 42.1 Å². The van der Waals surface area contributed by atoms with Gasteiger partial charge in [0.2, 0.25) is 0 Å². The van der Waals surface area contributed by atoms with Gasteiger partial charge in [0.15, 0.2) is 11.6 Å². The highest BCUT2D eigenvalue weighted by Crippen LogP contribution is 2.34. The average Bonchev–Trinajstić information content (AvgIpc) is 3.07. The zero-order chi connectivity index (χ0) is 32.4. The zero-order valence-electron chi connectivity index (χ0n) is 23.7. The highest BCUT2D eigenvalue weighted by molar-refractivity contribution is 6.13. The number of rotatable bonds is 10. The van der Waals surface area contributed by atoms with Gasteiger partial charge in [0.1, 0.15) is 6.54 Å². The highest BCUT2D eigenvalue weighted by Gasteiger charge is 2.38. The number of fused-ring (bicyclic) bond motifs is 1. The zero-order valence-corrected chi connectivity index (χ0v) is 23.7. The van der Waals surface area contributed by atoms with Crippen molar-refractivity contribution in [2.45, 2.75) is 44.8 Å². The van der Waals surface area contributed by atoms with Crippen LogP contribution in [0.2, 0.25) is 0 Å². The van der Waals surface area contributed by atoms with Crippen LogP contribution in [0.15, 0.2) is 66.9 Å². The molecule has 1 unspecified atom stereocenters. The second kappa shape index (κ2) is 14.8. The number of alkyl halides is 3. The van der Waals surface area contributed by atoms with E-state index in [0.29, 0.717) is 41.5 Å². The van der Waals surface area contributed by atoms with Gasteiger partial charge >= 0.3 is 18.1 Å². The number of carboxylic acid groups (broad SMARTS) is 2. The molecule has 3 aromatic rings. The summed E-state index contributed by atoms with van der Waals surface area (Å²) in [5.41, 5.74) is 8.27. The van der Waals surface area contributed by atoms with E-state index in [0.717, 1.165) is 18.4 Å². The molecule has 1 aliphatic heterocycles. The number of carbonyl (C=O) groups excluding carboxylic acids is 2. The fourth-order valence-electron chi connectivity index (χ4n) is 4.40. The monoisotopic (exact) mass is 616 g/mol. The summed E-state index contributed by atoms with van der Waals surface area (Å²) in [5, 5.41) is 16.4. The fourth-order valence-corrected chi connectivity index (χ4v) is 4.40. The van der Waals surface area contributed by atoms with Crippen LogP contribution in [0.4, 0.5) is 30.4 Å². The molecule has 4 N–H and O–H groups in total. The number of nitrogens with two attached hydrogens (primary N) is 1. The third-order valence-corrected chi connectivity index (χ3v) is 6.52. The van der Waals surface area contributed by atoms with Crippen molar-refractivity contribution in [3.8, 4) is 5.75 Å². The van der Waals surface area contributed by atoms with E-state index < -0.39 is 24.2 Å². The molecule has 0 spiro atoms. The number of hydrogen-bond acceptors (Lipinski definition) is 7. The van der Waals surface area contributed by atoms with Crippen LogP contribution in [0.3, 0.4) is 0 Å². The Bertz CT molecular complexity index is 1480. The van der Waals surface area contributed by atoms with E-state index in [1.807, 2.05) is 42.5 Å². The van der Waals surface area contributed by atoms with E-state index in [1.54, 1.807) is 31.3 Å². The Morgan fingerprint density at radius 2 is 1.73 bits per heavy atom. The van der Waals surface area contributed by atoms with Crippen LogP contribution in [0.5, 0.6) is 5.75 Å². The molecule has 0 radical (unpaired) electrons. The molecule has 0 saturated carbocycles. The van der Waals surface area contributed by atoms with Crippen LogP contribution in [0, 0.1) is 0 Å². The summed E-state index contributed by atoms with van der Waals surface area (Å²) < 4.78 is 37.4. The van der Waals surface area contributed by atoms with Crippen LogP contribution < -0.4 is 15.4 Å². The van der Waals surface area contributed by atoms with Gasteiger partial charge in [0.05, 0.1) is 24.3 Å². The van der Waals surface area contributed by atoms with Crippen molar-refractivity contribution in [1.82, 2.24) is 9.88 Å². The van der Waals surface area contributed by atoms with Crippen molar-refractivity contribution in [3.05, 3.63) is 78.0 Å². The number of hydrogen-bond donors (Lipinski definition) is 3. The number of halogens is 3. The minimum atomic E-state index is -5.08. The molecule has 1 aliphatic rings. The Morgan fingerprint density at radius 1 is 1.05 bits per heavy atom.